The van der Waals surface area contributed by atoms with Crippen LogP contribution in [0.1, 0.15) is 28.2 Å². The van der Waals surface area contributed by atoms with Gasteiger partial charge >= 0.3 is 5.97 Å². The second-order valence-electron chi connectivity index (χ2n) is 4.77. The number of rotatable bonds is 4. The largest absolute Gasteiger partial charge is 0.477 e. The number of thiophene rings is 1. The van der Waals surface area contributed by atoms with Gasteiger partial charge in [0.05, 0.1) is 0 Å². The van der Waals surface area contributed by atoms with Crippen LogP contribution >= 0.6 is 11.3 Å². The molecule has 0 amide bonds. The highest BCUT2D eigenvalue weighted by Gasteiger charge is 2.10. The summed E-state index contributed by atoms with van der Waals surface area (Å²) in [6, 6.07) is 10.4. The lowest BCUT2D eigenvalue weighted by Crippen LogP contribution is -2.16. The number of aromatic carboxylic acids is 1. The van der Waals surface area contributed by atoms with Crippen LogP contribution in [0.5, 0.6) is 0 Å². The standard InChI is InChI=1S/C15H17NO2S/c1-10(16(2)3)11-4-6-12(7-5-11)13-8-14(15(17)18)19-9-13/h4-10H,1-3H3,(H,17,18)/t10-/m0/s1. The van der Waals surface area contributed by atoms with Gasteiger partial charge in [-0.05, 0) is 49.2 Å². The number of nitrogens with zero attached hydrogens (tertiary/aromatic N) is 1. The lowest BCUT2D eigenvalue weighted by Gasteiger charge is -2.20. The van der Waals surface area contributed by atoms with Gasteiger partial charge in [-0.25, -0.2) is 4.79 Å². The zero-order valence-electron chi connectivity index (χ0n) is 11.3. The van der Waals surface area contributed by atoms with Crippen molar-refractivity contribution in [2.45, 2.75) is 13.0 Å². The van der Waals surface area contributed by atoms with Crippen LogP contribution in [0.2, 0.25) is 0 Å². The summed E-state index contributed by atoms with van der Waals surface area (Å²) < 4.78 is 0. The molecular weight excluding hydrogens is 258 g/mol. The van der Waals surface area contributed by atoms with E-state index in [2.05, 4.69) is 38.1 Å². The number of carboxylic acid groups (broad SMARTS) is 1. The Labute approximate surface area is 117 Å². The molecule has 0 aliphatic heterocycles. The van der Waals surface area contributed by atoms with Gasteiger partial charge in [0.15, 0.2) is 0 Å². The third-order valence-corrected chi connectivity index (χ3v) is 4.23. The van der Waals surface area contributed by atoms with E-state index in [9.17, 15) is 4.79 Å². The Bertz CT molecular complexity index is 572. The van der Waals surface area contributed by atoms with Crippen LogP contribution in [0.4, 0.5) is 0 Å². The van der Waals surface area contributed by atoms with Crippen molar-refractivity contribution >= 4 is 17.3 Å². The van der Waals surface area contributed by atoms with Crippen molar-refractivity contribution in [3.63, 3.8) is 0 Å². The highest BCUT2D eigenvalue weighted by atomic mass is 32.1. The summed E-state index contributed by atoms with van der Waals surface area (Å²) in [5.74, 6) is -0.867. The lowest BCUT2D eigenvalue weighted by atomic mass is 10.0. The predicted octanol–water partition coefficient (Wildman–Crippen LogP) is 3.74. The average Bonchev–Trinajstić information content (AvgIpc) is 2.87. The van der Waals surface area contributed by atoms with Crippen molar-refractivity contribution in [1.82, 2.24) is 4.90 Å². The Hall–Kier alpha value is -1.65. The van der Waals surface area contributed by atoms with Gasteiger partial charge in [-0.1, -0.05) is 24.3 Å². The molecule has 0 bridgehead atoms. The zero-order valence-corrected chi connectivity index (χ0v) is 12.1. The normalized spacial score (nSPS) is 12.6. The van der Waals surface area contributed by atoms with Crippen LogP contribution in [-0.4, -0.2) is 30.1 Å². The average molecular weight is 275 g/mol. The molecule has 0 unspecified atom stereocenters. The van der Waals surface area contributed by atoms with Gasteiger partial charge in [-0.15, -0.1) is 11.3 Å². The third kappa shape index (κ3) is 3.03. The lowest BCUT2D eigenvalue weighted by molar-refractivity contribution is 0.0702. The first-order valence-corrected chi connectivity index (χ1v) is 6.95. The molecular formula is C15H17NO2S. The maximum atomic E-state index is 10.9. The molecule has 2 rings (SSSR count). The maximum absolute atomic E-state index is 10.9. The van der Waals surface area contributed by atoms with E-state index in [1.165, 1.54) is 16.9 Å². The Morgan fingerprint density at radius 3 is 2.32 bits per heavy atom. The number of benzene rings is 1. The van der Waals surface area contributed by atoms with Gasteiger partial charge in [0, 0.05) is 6.04 Å². The molecule has 0 radical (unpaired) electrons. The van der Waals surface area contributed by atoms with Crippen LogP contribution < -0.4 is 0 Å². The topological polar surface area (TPSA) is 40.5 Å². The molecule has 4 heteroatoms. The summed E-state index contributed by atoms with van der Waals surface area (Å²) in [4.78, 5) is 13.4. The molecule has 0 saturated heterocycles. The van der Waals surface area contributed by atoms with E-state index in [0.717, 1.165) is 11.1 Å². The van der Waals surface area contributed by atoms with Crippen molar-refractivity contribution in [3.05, 3.63) is 46.2 Å². The van der Waals surface area contributed by atoms with E-state index in [4.69, 9.17) is 5.11 Å². The Morgan fingerprint density at radius 2 is 1.84 bits per heavy atom. The van der Waals surface area contributed by atoms with Crippen LogP contribution in [0.25, 0.3) is 11.1 Å². The van der Waals surface area contributed by atoms with Crippen molar-refractivity contribution in [2.75, 3.05) is 14.1 Å². The minimum atomic E-state index is -0.867. The summed E-state index contributed by atoms with van der Waals surface area (Å²) >= 11 is 1.26. The minimum Gasteiger partial charge on any atom is -0.477 e. The zero-order chi connectivity index (χ0) is 14.0. The molecule has 0 aliphatic rings. The molecule has 0 spiro atoms. The summed E-state index contributed by atoms with van der Waals surface area (Å²) in [6.45, 7) is 2.15. The van der Waals surface area contributed by atoms with Crippen LogP contribution in [0.3, 0.4) is 0 Å². The van der Waals surface area contributed by atoms with Crippen molar-refractivity contribution in [2.24, 2.45) is 0 Å². The van der Waals surface area contributed by atoms with Gasteiger partial charge < -0.3 is 10.0 Å². The molecule has 1 atom stereocenters. The van der Waals surface area contributed by atoms with Gasteiger partial charge in [-0.2, -0.15) is 0 Å². The molecule has 3 nitrogen and oxygen atoms in total. The van der Waals surface area contributed by atoms with Gasteiger partial charge in [0.2, 0.25) is 0 Å². The molecule has 2 aromatic rings. The summed E-state index contributed by atoms with van der Waals surface area (Å²) in [7, 11) is 4.10. The van der Waals surface area contributed by atoms with Gasteiger partial charge in [0.1, 0.15) is 4.88 Å². The first-order valence-electron chi connectivity index (χ1n) is 6.07. The van der Waals surface area contributed by atoms with Crippen molar-refractivity contribution in [3.8, 4) is 11.1 Å². The van der Waals surface area contributed by atoms with Crippen molar-refractivity contribution < 1.29 is 9.90 Å². The molecule has 0 saturated carbocycles. The summed E-state index contributed by atoms with van der Waals surface area (Å²) in [6.07, 6.45) is 0. The smallest absolute Gasteiger partial charge is 0.345 e. The quantitative estimate of drug-likeness (QED) is 0.924. The SMILES string of the molecule is C[C@@H](c1ccc(-c2csc(C(=O)O)c2)cc1)N(C)C. The molecule has 0 aliphatic carbocycles. The predicted molar refractivity (Wildman–Crippen MR) is 78.8 cm³/mol. The van der Waals surface area contributed by atoms with Crippen LogP contribution in [-0.2, 0) is 0 Å². The van der Waals surface area contributed by atoms with Crippen LogP contribution in [0.15, 0.2) is 35.7 Å². The maximum Gasteiger partial charge on any atom is 0.345 e. The van der Waals surface area contributed by atoms with Gasteiger partial charge in [-0.3, -0.25) is 0 Å². The fourth-order valence-electron chi connectivity index (χ4n) is 1.85. The highest BCUT2D eigenvalue weighted by molar-refractivity contribution is 7.12. The van der Waals surface area contributed by atoms with E-state index in [0.29, 0.717) is 10.9 Å². The second-order valence-corrected chi connectivity index (χ2v) is 5.68. The number of carboxylic acids is 1. The number of carbonyl (C=O) groups is 1. The number of hydrogen-bond acceptors (Lipinski definition) is 3. The molecule has 1 aromatic carbocycles. The number of hydrogen-bond donors (Lipinski definition) is 1. The van der Waals surface area contributed by atoms with E-state index in [1.807, 2.05) is 17.5 Å². The van der Waals surface area contributed by atoms with Crippen molar-refractivity contribution in [1.29, 1.82) is 0 Å². The fourth-order valence-corrected chi connectivity index (χ4v) is 2.61. The highest BCUT2D eigenvalue weighted by Crippen LogP contribution is 2.27. The molecule has 19 heavy (non-hydrogen) atoms. The second kappa shape index (κ2) is 5.55. The minimum absolute atomic E-state index is 0.367. The van der Waals surface area contributed by atoms with E-state index < -0.39 is 5.97 Å². The molecule has 100 valence electrons. The fraction of sp³-hybridized carbons (Fsp3) is 0.267. The van der Waals surface area contributed by atoms with E-state index >= 15 is 0 Å². The summed E-state index contributed by atoms with van der Waals surface area (Å²) in [5.41, 5.74) is 3.27. The van der Waals surface area contributed by atoms with E-state index in [1.54, 1.807) is 6.07 Å². The molecule has 1 aromatic heterocycles. The Morgan fingerprint density at radius 1 is 1.21 bits per heavy atom. The first kappa shape index (κ1) is 13.8. The Balaban J connectivity index is 2.24. The first-order chi connectivity index (χ1) is 8.99. The van der Waals surface area contributed by atoms with Crippen LogP contribution in [0, 0.1) is 0 Å². The Kier molecular flexibility index (Phi) is 4.02. The molecule has 1 N–H and O–H groups in total. The van der Waals surface area contributed by atoms with E-state index in [-0.39, 0.29) is 0 Å². The van der Waals surface area contributed by atoms with Gasteiger partial charge in [0.25, 0.3) is 0 Å². The molecule has 1 heterocycles. The monoisotopic (exact) mass is 275 g/mol. The summed E-state index contributed by atoms with van der Waals surface area (Å²) in [5, 5.41) is 10.8. The molecule has 0 fully saturated rings. The third-order valence-electron chi connectivity index (χ3n) is 3.31.